The smallest absolute Gasteiger partial charge is 0.306 e. The zero-order chi connectivity index (χ0) is 30.6. The van der Waals surface area contributed by atoms with E-state index < -0.39 is 19.7 Å². The Balaban J connectivity index is 1.27. The highest BCUT2D eigenvalue weighted by atomic mass is 32.2. The van der Waals surface area contributed by atoms with Gasteiger partial charge in [-0.15, -0.1) is 0 Å². The second kappa shape index (κ2) is 17.4. The molecular formula is C32H56O8S2. The Hall–Kier alpha value is -1.16. The van der Waals surface area contributed by atoms with Crippen molar-refractivity contribution in [1.29, 1.82) is 0 Å². The number of rotatable bonds is 16. The van der Waals surface area contributed by atoms with Crippen LogP contribution in [-0.4, -0.2) is 63.0 Å². The molecule has 3 saturated carbocycles. The summed E-state index contributed by atoms with van der Waals surface area (Å²) in [7, 11) is -6.12. The first kappa shape index (κ1) is 35.3. The molecule has 0 heterocycles. The van der Waals surface area contributed by atoms with Crippen LogP contribution in [0.1, 0.15) is 142 Å². The molecule has 0 saturated heterocycles. The highest BCUT2D eigenvalue weighted by molar-refractivity contribution is 7.92. The molecule has 0 spiro atoms. The maximum Gasteiger partial charge on any atom is 0.306 e. The van der Waals surface area contributed by atoms with Crippen molar-refractivity contribution in [3.05, 3.63) is 0 Å². The number of esters is 2. The normalized spacial score (nSPS) is 29.1. The second-order valence-corrected chi connectivity index (χ2v) is 18.0. The van der Waals surface area contributed by atoms with E-state index in [1.807, 2.05) is 0 Å². The lowest BCUT2D eigenvalue weighted by molar-refractivity contribution is -0.154. The van der Waals surface area contributed by atoms with Gasteiger partial charge in [0.15, 0.2) is 19.7 Å². The molecule has 3 aliphatic carbocycles. The second-order valence-electron chi connectivity index (χ2n) is 13.2. The summed E-state index contributed by atoms with van der Waals surface area (Å²) in [5.41, 5.74) is 0. The lowest BCUT2D eigenvalue weighted by Gasteiger charge is -2.31. The Morgan fingerprint density at radius 2 is 0.857 bits per heavy atom. The molecule has 42 heavy (non-hydrogen) atoms. The SMILES string of the molecule is CCCCCS(=O)(=O)C1CCC(OC(=O)CC2CCC(CC(=O)OC3CCC(S(=O)(=O)CCCCC)CC3)CC2)CC1. The number of hydrogen-bond acceptors (Lipinski definition) is 8. The van der Waals surface area contributed by atoms with Gasteiger partial charge in [0.25, 0.3) is 0 Å². The zero-order valence-electron chi connectivity index (χ0n) is 26.1. The summed E-state index contributed by atoms with van der Waals surface area (Å²) >= 11 is 0. The summed E-state index contributed by atoms with van der Waals surface area (Å²) in [6.07, 6.45) is 14.1. The molecule has 3 aliphatic rings. The molecule has 0 unspecified atom stereocenters. The standard InChI is InChI=1S/C32H56O8S2/c1-3-5-7-21-41(35,36)29-17-13-27(14-18-29)39-31(33)23-25-9-11-26(12-10-25)24-32(34)40-28-15-19-30(20-16-28)42(37,38)22-8-6-4-2/h25-30H,3-24H2,1-2H3. The van der Waals surface area contributed by atoms with Gasteiger partial charge in [0.05, 0.1) is 22.0 Å². The Morgan fingerprint density at radius 1 is 0.524 bits per heavy atom. The fraction of sp³-hybridized carbons (Fsp3) is 0.938. The van der Waals surface area contributed by atoms with E-state index in [1.165, 1.54) is 0 Å². The van der Waals surface area contributed by atoms with E-state index in [0.717, 1.165) is 64.2 Å². The zero-order valence-corrected chi connectivity index (χ0v) is 27.7. The van der Waals surface area contributed by atoms with Gasteiger partial charge >= 0.3 is 11.9 Å². The van der Waals surface area contributed by atoms with Gasteiger partial charge in [-0.1, -0.05) is 39.5 Å². The van der Waals surface area contributed by atoms with Crippen LogP contribution in [0.3, 0.4) is 0 Å². The monoisotopic (exact) mass is 632 g/mol. The molecule has 0 N–H and O–H groups in total. The topological polar surface area (TPSA) is 121 Å². The summed E-state index contributed by atoms with van der Waals surface area (Å²) in [4.78, 5) is 25.2. The highest BCUT2D eigenvalue weighted by Crippen LogP contribution is 2.35. The summed E-state index contributed by atoms with van der Waals surface area (Å²) in [5.74, 6) is 0.681. The van der Waals surface area contributed by atoms with Gasteiger partial charge < -0.3 is 9.47 Å². The number of hydrogen-bond donors (Lipinski definition) is 0. The molecule has 0 radical (unpaired) electrons. The van der Waals surface area contributed by atoms with Crippen LogP contribution in [0.5, 0.6) is 0 Å². The van der Waals surface area contributed by atoms with Gasteiger partial charge in [-0.25, -0.2) is 16.8 Å². The number of sulfone groups is 2. The lowest BCUT2D eigenvalue weighted by atomic mass is 9.79. The van der Waals surface area contributed by atoms with Crippen LogP contribution < -0.4 is 0 Å². The third-order valence-corrected chi connectivity index (χ3v) is 14.5. The molecule has 244 valence electrons. The van der Waals surface area contributed by atoms with Gasteiger partial charge in [-0.3, -0.25) is 9.59 Å². The first-order valence-electron chi connectivity index (χ1n) is 16.8. The molecule has 0 bridgehead atoms. The fourth-order valence-electron chi connectivity index (χ4n) is 7.04. The molecule has 0 aromatic heterocycles. The molecule has 3 fully saturated rings. The molecule has 3 rings (SSSR count). The number of carbonyl (C=O) groups excluding carboxylic acids is 2. The van der Waals surface area contributed by atoms with E-state index in [9.17, 15) is 26.4 Å². The molecular weight excluding hydrogens is 576 g/mol. The van der Waals surface area contributed by atoms with Crippen LogP contribution >= 0.6 is 0 Å². The third-order valence-electron chi connectivity index (χ3n) is 9.80. The molecule has 0 aliphatic heterocycles. The largest absolute Gasteiger partial charge is 0.462 e. The highest BCUT2D eigenvalue weighted by Gasteiger charge is 2.34. The maximum absolute atomic E-state index is 12.6. The minimum atomic E-state index is -3.06. The lowest BCUT2D eigenvalue weighted by Crippen LogP contribution is -2.33. The van der Waals surface area contributed by atoms with E-state index in [-0.39, 0.29) is 58.0 Å². The Bertz CT molecular complexity index is 946. The summed E-state index contributed by atoms with van der Waals surface area (Å²) in [5, 5.41) is -0.587. The number of unbranched alkanes of at least 4 members (excludes halogenated alkanes) is 4. The van der Waals surface area contributed by atoms with Crippen molar-refractivity contribution < 1.29 is 35.9 Å². The van der Waals surface area contributed by atoms with E-state index in [1.54, 1.807) is 0 Å². The van der Waals surface area contributed by atoms with Crippen molar-refractivity contribution in [2.24, 2.45) is 11.8 Å². The van der Waals surface area contributed by atoms with Crippen molar-refractivity contribution >= 4 is 31.6 Å². The van der Waals surface area contributed by atoms with Gasteiger partial charge in [0, 0.05) is 12.8 Å². The van der Waals surface area contributed by atoms with Crippen LogP contribution in [0.4, 0.5) is 0 Å². The predicted octanol–water partition coefficient (Wildman–Crippen LogP) is 6.49. The fourth-order valence-corrected chi connectivity index (χ4v) is 10.9. The first-order valence-corrected chi connectivity index (χ1v) is 20.3. The Kier molecular flexibility index (Phi) is 14.6. The molecule has 0 atom stereocenters. The minimum absolute atomic E-state index is 0.179. The van der Waals surface area contributed by atoms with Crippen LogP contribution in [0.15, 0.2) is 0 Å². The van der Waals surface area contributed by atoms with E-state index in [0.29, 0.717) is 64.2 Å². The maximum atomic E-state index is 12.6. The van der Waals surface area contributed by atoms with Crippen molar-refractivity contribution in [3.63, 3.8) is 0 Å². The van der Waals surface area contributed by atoms with Crippen LogP contribution in [0, 0.1) is 11.8 Å². The Labute approximate surface area is 255 Å². The predicted molar refractivity (Wildman–Crippen MR) is 166 cm³/mol. The first-order chi connectivity index (χ1) is 20.0. The van der Waals surface area contributed by atoms with Crippen molar-refractivity contribution in [3.8, 4) is 0 Å². The molecule has 0 amide bonds. The summed E-state index contributed by atoms with van der Waals surface area (Å²) < 4.78 is 61.8. The minimum Gasteiger partial charge on any atom is -0.462 e. The van der Waals surface area contributed by atoms with Gasteiger partial charge in [-0.05, 0) is 102 Å². The summed E-state index contributed by atoms with van der Waals surface area (Å²) in [6, 6.07) is 0. The van der Waals surface area contributed by atoms with Crippen molar-refractivity contribution in [2.45, 2.75) is 165 Å². The summed E-state index contributed by atoms with van der Waals surface area (Å²) in [6.45, 7) is 4.13. The number of carbonyl (C=O) groups is 2. The van der Waals surface area contributed by atoms with Gasteiger partial charge in [0.1, 0.15) is 12.2 Å². The van der Waals surface area contributed by atoms with Crippen LogP contribution in [0.25, 0.3) is 0 Å². The molecule has 0 aromatic carbocycles. The molecule has 8 nitrogen and oxygen atoms in total. The van der Waals surface area contributed by atoms with Gasteiger partial charge in [-0.2, -0.15) is 0 Å². The third kappa shape index (κ3) is 11.7. The van der Waals surface area contributed by atoms with Crippen LogP contribution in [-0.2, 0) is 38.7 Å². The van der Waals surface area contributed by atoms with Gasteiger partial charge in [0.2, 0.25) is 0 Å². The van der Waals surface area contributed by atoms with E-state index >= 15 is 0 Å². The van der Waals surface area contributed by atoms with Crippen molar-refractivity contribution in [2.75, 3.05) is 11.5 Å². The Morgan fingerprint density at radius 3 is 1.17 bits per heavy atom. The van der Waals surface area contributed by atoms with Crippen LogP contribution in [0.2, 0.25) is 0 Å². The molecule has 0 aromatic rings. The average molecular weight is 633 g/mol. The van der Waals surface area contributed by atoms with E-state index in [4.69, 9.17) is 9.47 Å². The molecule has 10 heteroatoms. The van der Waals surface area contributed by atoms with E-state index in [2.05, 4.69) is 13.8 Å². The average Bonchev–Trinajstić information content (AvgIpc) is 2.95. The van der Waals surface area contributed by atoms with Crippen molar-refractivity contribution in [1.82, 2.24) is 0 Å². The number of ether oxygens (including phenoxy) is 2. The quantitative estimate of drug-likeness (QED) is 0.140.